The summed E-state index contributed by atoms with van der Waals surface area (Å²) < 4.78 is 1.88. The second kappa shape index (κ2) is 4.37. The van der Waals surface area contributed by atoms with Crippen molar-refractivity contribution >= 4 is 37.5 Å². The summed E-state index contributed by atoms with van der Waals surface area (Å²) in [5.74, 6) is 0. The van der Waals surface area contributed by atoms with Gasteiger partial charge in [-0.2, -0.15) is 0 Å². The molecule has 0 saturated heterocycles. The van der Waals surface area contributed by atoms with Crippen LogP contribution in [0, 0.1) is 0 Å². The van der Waals surface area contributed by atoms with Gasteiger partial charge in [0.05, 0.1) is 10.2 Å². The molecule has 0 saturated carbocycles. The van der Waals surface area contributed by atoms with Gasteiger partial charge < -0.3 is 5.73 Å². The number of rotatable bonds is 1. The molecule has 0 bridgehead atoms. The second-order valence-corrected chi connectivity index (χ2v) is 4.84. The van der Waals surface area contributed by atoms with Crippen molar-refractivity contribution in [3.8, 4) is 11.1 Å². The molecule has 0 heterocycles. The zero-order chi connectivity index (χ0) is 10.8. The van der Waals surface area contributed by atoms with Crippen LogP contribution in [0.15, 0.2) is 51.4 Å². The van der Waals surface area contributed by atoms with Gasteiger partial charge in [-0.05, 0) is 43.5 Å². The smallest absolute Gasteiger partial charge is 0.0553 e. The van der Waals surface area contributed by atoms with Crippen LogP contribution in [0.3, 0.4) is 0 Å². The first-order valence-corrected chi connectivity index (χ1v) is 6.07. The summed E-state index contributed by atoms with van der Waals surface area (Å²) in [5.41, 5.74) is 8.97. The Morgan fingerprint density at radius 1 is 0.867 bits per heavy atom. The van der Waals surface area contributed by atoms with Crippen LogP contribution in [0.25, 0.3) is 11.1 Å². The summed E-state index contributed by atoms with van der Waals surface area (Å²) in [6.45, 7) is 0. The minimum atomic E-state index is 0.760. The Kier molecular flexibility index (Phi) is 3.12. The fraction of sp³-hybridized carbons (Fsp3) is 0. The van der Waals surface area contributed by atoms with Crippen LogP contribution in [0.2, 0.25) is 0 Å². The number of nitrogen functional groups attached to an aromatic ring is 1. The third-order valence-corrected chi connectivity index (χ3v) is 4.26. The molecule has 76 valence electrons. The van der Waals surface area contributed by atoms with Gasteiger partial charge in [-0.1, -0.05) is 36.4 Å². The normalized spacial score (nSPS) is 10.3. The molecule has 3 heteroatoms. The van der Waals surface area contributed by atoms with Crippen LogP contribution < -0.4 is 5.73 Å². The maximum Gasteiger partial charge on any atom is 0.0553 e. The largest absolute Gasteiger partial charge is 0.397 e. The molecule has 0 unspecified atom stereocenters. The van der Waals surface area contributed by atoms with Gasteiger partial charge in [0.15, 0.2) is 0 Å². The Labute approximate surface area is 106 Å². The predicted molar refractivity (Wildman–Crippen MR) is 71.7 cm³/mol. The lowest BCUT2D eigenvalue weighted by Gasteiger charge is -2.08. The van der Waals surface area contributed by atoms with E-state index in [0.717, 1.165) is 25.8 Å². The monoisotopic (exact) mass is 325 g/mol. The highest BCUT2D eigenvalue weighted by Gasteiger charge is 2.07. The summed E-state index contributed by atoms with van der Waals surface area (Å²) in [6, 6.07) is 14.1. The molecule has 2 aromatic rings. The molecular weight excluding hydrogens is 318 g/mol. The first-order chi connectivity index (χ1) is 7.20. The highest BCUT2D eigenvalue weighted by atomic mass is 79.9. The van der Waals surface area contributed by atoms with E-state index in [9.17, 15) is 0 Å². The van der Waals surface area contributed by atoms with Gasteiger partial charge in [-0.15, -0.1) is 0 Å². The molecule has 0 aromatic heterocycles. The van der Waals surface area contributed by atoms with Crippen molar-refractivity contribution in [1.82, 2.24) is 0 Å². The van der Waals surface area contributed by atoms with Crippen LogP contribution in [-0.4, -0.2) is 0 Å². The standard InChI is InChI=1S/C12H9Br2N/c13-10-7-6-9(12(15)11(10)14)8-4-2-1-3-5-8/h1-7H,15H2. The molecule has 2 rings (SSSR count). The van der Waals surface area contributed by atoms with E-state index in [0.29, 0.717) is 0 Å². The Morgan fingerprint density at radius 3 is 2.20 bits per heavy atom. The number of hydrogen-bond acceptors (Lipinski definition) is 1. The Bertz CT molecular complexity index is 480. The Balaban J connectivity index is 2.60. The molecule has 2 N–H and O–H groups in total. The van der Waals surface area contributed by atoms with Crippen molar-refractivity contribution in [2.75, 3.05) is 5.73 Å². The molecular formula is C12H9Br2N. The quantitative estimate of drug-likeness (QED) is 0.769. The molecule has 0 spiro atoms. The maximum atomic E-state index is 6.04. The van der Waals surface area contributed by atoms with Gasteiger partial charge >= 0.3 is 0 Å². The van der Waals surface area contributed by atoms with Gasteiger partial charge in [-0.25, -0.2) is 0 Å². The summed E-state index contributed by atoms with van der Waals surface area (Å²) in [5, 5.41) is 0. The molecule has 0 aliphatic rings. The van der Waals surface area contributed by atoms with E-state index < -0.39 is 0 Å². The lowest BCUT2D eigenvalue weighted by molar-refractivity contribution is 1.55. The van der Waals surface area contributed by atoms with E-state index in [4.69, 9.17) is 5.73 Å². The molecule has 0 aliphatic heterocycles. The van der Waals surface area contributed by atoms with Crippen LogP contribution in [0.1, 0.15) is 0 Å². The number of benzene rings is 2. The van der Waals surface area contributed by atoms with Crippen molar-refractivity contribution in [3.63, 3.8) is 0 Å². The average molecular weight is 327 g/mol. The SMILES string of the molecule is Nc1c(-c2ccccc2)ccc(Br)c1Br. The van der Waals surface area contributed by atoms with Gasteiger partial charge in [0.1, 0.15) is 0 Å². The summed E-state index contributed by atoms with van der Waals surface area (Å²) in [6.07, 6.45) is 0. The van der Waals surface area contributed by atoms with Gasteiger partial charge in [0, 0.05) is 10.0 Å². The zero-order valence-electron chi connectivity index (χ0n) is 7.87. The molecule has 0 amide bonds. The fourth-order valence-electron chi connectivity index (χ4n) is 1.44. The van der Waals surface area contributed by atoms with Crippen LogP contribution in [-0.2, 0) is 0 Å². The molecule has 0 radical (unpaired) electrons. The molecule has 0 fully saturated rings. The fourth-order valence-corrected chi connectivity index (χ4v) is 2.13. The molecule has 15 heavy (non-hydrogen) atoms. The number of halogens is 2. The average Bonchev–Trinajstić information content (AvgIpc) is 2.27. The topological polar surface area (TPSA) is 26.0 Å². The lowest BCUT2D eigenvalue weighted by Crippen LogP contribution is -1.92. The number of hydrogen-bond donors (Lipinski definition) is 1. The first kappa shape index (κ1) is 10.7. The Hall–Kier alpha value is -0.800. The van der Waals surface area contributed by atoms with Crippen molar-refractivity contribution in [1.29, 1.82) is 0 Å². The van der Waals surface area contributed by atoms with E-state index in [1.54, 1.807) is 0 Å². The van der Waals surface area contributed by atoms with E-state index in [1.807, 2.05) is 42.5 Å². The van der Waals surface area contributed by atoms with Crippen molar-refractivity contribution in [3.05, 3.63) is 51.4 Å². The minimum absolute atomic E-state index is 0.760. The molecule has 2 aromatic carbocycles. The van der Waals surface area contributed by atoms with Crippen LogP contribution in [0.5, 0.6) is 0 Å². The molecule has 0 atom stereocenters. The van der Waals surface area contributed by atoms with Gasteiger partial charge in [0.25, 0.3) is 0 Å². The lowest BCUT2D eigenvalue weighted by atomic mass is 10.0. The first-order valence-electron chi connectivity index (χ1n) is 4.49. The maximum absolute atomic E-state index is 6.04. The highest BCUT2D eigenvalue weighted by molar-refractivity contribution is 9.13. The number of nitrogens with two attached hydrogens (primary N) is 1. The summed E-state index contributed by atoms with van der Waals surface area (Å²) in [4.78, 5) is 0. The van der Waals surface area contributed by atoms with E-state index in [1.165, 1.54) is 0 Å². The van der Waals surface area contributed by atoms with Crippen molar-refractivity contribution in [2.45, 2.75) is 0 Å². The van der Waals surface area contributed by atoms with E-state index in [-0.39, 0.29) is 0 Å². The van der Waals surface area contributed by atoms with Crippen LogP contribution in [0.4, 0.5) is 5.69 Å². The molecule has 0 aliphatic carbocycles. The summed E-state index contributed by atoms with van der Waals surface area (Å²) in [7, 11) is 0. The zero-order valence-corrected chi connectivity index (χ0v) is 11.0. The van der Waals surface area contributed by atoms with Crippen molar-refractivity contribution < 1.29 is 0 Å². The second-order valence-electron chi connectivity index (χ2n) is 3.19. The molecule has 1 nitrogen and oxygen atoms in total. The minimum Gasteiger partial charge on any atom is -0.397 e. The van der Waals surface area contributed by atoms with Crippen LogP contribution >= 0.6 is 31.9 Å². The third-order valence-electron chi connectivity index (χ3n) is 2.22. The van der Waals surface area contributed by atoms with Crippen molar-refractivity contribution in [2.24, 2.45) is 0 Å². The Morgan fingerprint density at radius 2 is 1.53 bits per heavy atom. The van der Waals surface area contributed by atoms with Gasteiger partial charge in [-0.3, -0.25) is 0 Å². The summed E-state index contributed by atoms with van der Waals surface area (Å²) >= 11 is 6.88. The number of anilines is 1. The highest BCUT2D eigenvalue weighted by Crippen LogP contribution is 2.36. The van der Waals surface area contributed by atoms with E-state index >= 15 is 0 Å². The third kappa shape index (κ3) is 2.08. The predicted octanol–water partition coefficient (Wildman–Crippen LogP) is 4.46. The van der Waals surface area contributed by atoms with E-state index in [2.05, 4.69) is 31.9 Å². The van der Waals surface area contributed by atoms with Gasteiger partial charge in [0.2, 0.25) is 0 Å².